The van der Waals surface area contributed by atoms with Crippen molar-refractivity contribution >= 4 is 33.4 Å². The van der Waals surface area contributed by atoms with E-state index in [4.69, 9.17) is 11.6 Å². The molecule has 0 aliphatic carbocycles. The van der Waals surface area contributed by atoms with E-state index < -0.39 is 0 Å². The molecule has 2 atom stereocenters. The largest absolute Gasteiger partial charge is 0.393 e. The van der Waals surface area contributed by atoms with E-state index >= 15 is 0 Å². The van der Waals surface area contributed by atoms with Gasteiger partial charge in [-0.15, -0.1) is 0 Å². The summed E-state index contributed by atoms with van der Waals surface area (Å²) in [4.78, 5) is 14.2. The molecule has 2 rings (SSSR count). The van der Waals surface area contributed by atoms with E-state index in [2.05, 4.69) is 15.9 Å². The topological polar surface area (TPSA) is 40.5 Å². The average Bonchev–Trinajstić information content (AvgIpc) is 2.35. The first-order valence-electron chi connectivity index (χ1n) is 5.91. The van der Waals surface area contributed by atoms with Gasteiger partial charge in [0.15, 0.2) is 0 Å². The Morgan fingerprint density at radius 3 is 2.94 bits per heavy atom. The van der Waals surface area contributed by atoms with Gasteiger partial charge in [-0.1, -0.05) is 18.5 Å². The average molecular weight is 333 g/mol. The van der Waals surface area contributed by atoms with Gasteiger partial charge in [-0.05, 0) is 46.5 Å². The molecule has 1 aromatic carbocycles. The van der Waals surface area contributed by atoms with Crippen molar-refractivity contribution in [3.63, 3.8) is 0 Å². The van der Waals surface area contributed by atoms with Crippen LogP contribution in [-0.4, -0.2) is 35.1 Å². The van der Waals surface area contributed by atoms with E-state index in [-0.39, 0.29) is 17.9 Å². The van der Waals surface area contributed by atoms with Crippen LogP contribution >= 0.6 is 27.5 Å². The summed E-state index contributed by atoms with van der Waals surface area (Å²) < 4.78 is 0.746. The van der Waals surface area contributed by atoms with E-state index in [1.54, 1.807) is 23.1 Å². The summed E-state index contributed by atoms with van der Waals surface area (Å²) in [7, 11) is 0. The van der Waals surface area contributed by atoms with Crippen molar-refractivity contribution in [2.45, 2.75) is 19.4 Å². The van der Waals surface area contributed by atoms with E-state index in [0.29, 0.717) is 30.1 Å². The molecule has 1 aromatic rings. The highest BCUT2D eigenvalue weighted by atomic mass is 79.9. The summed E-state index contributed by atoms with van der Waals surface area (Å²) in [5, 5.41) is 10.2. The second kappa shape index (κ2) is 5.59. The first kappa shape index (κ1) is 13.8. The van der Waals surface area contributed by atoms with Gasteiger partial charge in [0.2, 0.25) is 0 Å². The molecule has 0 radical (unpaired) electrons. The standard InChI is InChI=1S/C13H15BrClNO2/c1-8-7-16(5-4-12(8)17)13(18)10-6-9(15)2-3-11(10)14/h2-3,6,8,12,17H,4-5,7H2,1H3. The highest BCUT2D eigenvalue weighted by molar-refractivity contribution is 9.10. The molecule has 1 aliphatic heterocycles. The Kier molecular flexibility index (Phi) is 4.30. The van der Waals surface area contributed by atoms with Crippen molar-refractivity contribution in [1.82, 2.24) is 4.90 Å². The molecule has 98 valence electrons. The lowest BCUT2D eigenvalue weighted by Gasteiger charge is -2.34. The van der Waals surface area contributed by atoms with Crippen LogP contribution in [0.4, 0.5) is 0 Å². The van der Waals surface area contributed by atoms with Gasteiger partial charge in [-0.25, -0.2) is 0 Å². The molecule has 18 heavy (non-hydrogen) atoms. The Bertz CT molecular complexity index is 466. The number of aliphatic hydroxyl groups is 1. The zero-order valence-corrected chi connectivity index (χ0v) is 12.4. The Labute approximate surface area is 120 Å². The molecule has 1 saturated heterocycles. The maximum absolute atomic E-state index is 12.4. The molecule has 1 N–H and O–H groups in total. The molecule has 0 aromatic heterocycles. The smallest absolute Gasteiger partial charge is 0.255 e. The number of benzene rings is 1. The molecule has 3 nitrogen and oxygen atoms in total. The summed E-state index contributed by atoms with van der Waals surface area (Å²) in [6.07, 6.45) is 0.322. The zero-order valence-electron chi connectivity index (χ0n) is 10.1. The number of carbonyl (C=O) groups excluding carboxylic acids is 1. The minimum absolute atomic E-state index is 0.0388. The van der Waals surface area contributed by atoms with Gasteiger partial charge in [0.1, 0.15) is 0 Å². The number of rotatable bonds is 1. The third-order valence-corrected chi connectivity index (χ3v) is 4.23. The minimum atomic E-state index is -0.308. The van der Waals surface area contributed by atoms with Crippen molar-refractivity contribution < 1.29 is 9.90 Å². The van der Waals surface area contributed by atoms with Crippen LogP contribution in [-0.2, 0) is 0 Å². The Balaban J connectivity index is 2.19. The fourth-order valence-electron chi connectivity index (χ4n) is 2.15. The molecular weight excluding hydrogens is 318 g/mol. The molecular formula is C13H15BrClNO2. The summed E-state index contributed by atoms with van der Waals surface area (Å²) in [5.74, 6) is 0.0729. The van der Waals surface area contributed by atoms with Crippen molar-refractivity contribution in [1.29, 1.82) is 0 Å². The SMILES string of the molecule is CC1CN(C(=O)c2cc(Cl)ccc2Br)CCC1O. The monoisotopic (exact) mass is 331 g/mol. The highest BCUT2D eigenvalue weighted by Crippen LogP contribution is 2.25. The van der Waals surface area contributed by atoms with Gasteiger partial charge < -0.3 is 10.0 Å². The minimum Gasteiger partial charge on any atom is -0.393 e. The van der Waals surface area contributed by atoms with Gasteiger partial charge in [-0.2, -0.15) is 0 Å². The fraction of sp³-hybridized carbons (Fsp3) is 0.462. The van der Waals surface area contributed by atoms with E-state index in [0.717, 1.165) is 4.47 Å². The van der Waals surface area contributed by atoms with Crippen LogP contribution in [0.25, 0.3) is 0 Å². The molecule has 1 amide bonds. The first-order valence-corrected chi connectivity index (χ1v) is 7.08. The van der Waals surface area contributed by atoms with Crippen LogP contribution in [0.15, 0.2) is 22.7 Å². The van der Waals surface area contributed by atoms with Gasteiger partial charge in [0.25, 0.3) is 5.91 Å². The number of amides is 1. The van der Waals surface area contributed by atoms with Crippen molar-refractivity contribution in [2.24, 2.45) is 5.92 Å². The molecule has 0 saturated carbocycles. The molecule has 1 heterocycles. The number of hydrogen-bond donors (Lipinski definition) is 1. The van der Waals surface area contributed by atoms with Crippen molar-refractivity contribution in [2.75, 3.05) is 13.1 Å². The second-order valence-corrected chi connectivity index (χ2v) is 6.00. The molecule has 1 aliphatic rings. The normalized spacial score (nSPS) is 24.1. The molecule has 0 spiro atoms. The van der Waals surface area contributed by atoms with Crippen molar-refractivity contribution in [3.05, 3.63) is 33.3 Å². The number of halogens is 2. The number of carbonyl (C=O) groups is 1. The number of piperidine rings is 1. The van der Waals surface area contributed by atoms with Crippen LogP contribution in [0, 0.1) is 5.92 Å². The molecule has 2 unspecified atom stereocenters. The molecule has 5 heteroatoms. The summed E-state index contributed by atoms with van der Waals surface area (Å²) in [5.41, 5.74) is 0.575. The maximum Gasteiger partial charge on any atom is 0.255 e. The van der Waals surface area contributed by atoms with E-state index in [1.165, 1.54) is 0 Å². The van der Waals surface area contributed by atoms with Crippen LogP contribution in [0.5, 0.6) is 0 Å². The van der Waals surface area contributed by atoms with Crippen LogP contribution < -0.4 is 0 Å². The highest BCUT2D eigenvalue weighted by Gasteiger charge is 2.28. The lowest BCUT2D eigenvalue weighted by molar-refractivity contribution is 0.0297. The van der Waals surface area contributed by atoms with Gasteiger partial charge in [-0.3, -0.25) is 4.79 Å². The Hall–Kier alpha value is -0.580. The molecule has 0 bridgehead atoms. The van der Waals surface area contributed by atoms with E-state index in [1.807, 2.05) is 6.92 Å². The van der Waals surface area contributed by atoms with Crippen molar-refractivity contribution in [3.8, 4) is 0 Å². The zero-order chi connectivity index (χ0) is 13.3. The molecule has 1 fully saturated rings. The van der Waals surface area contributed by atoms with Crippen LogP contribution in [0.3, 0.4) is 0 Å². The summed E-state index contributed by atoms with van der Waals surface area (Å²) >= 11 is 9.29. The quantitative estimate of drug-likeness (QED) is 0.859. The number of aliphatic hydroxyl groups excluding tert-OH is 1. The summed E-state index contributed by atoms with van der Waals surface area (Å²) in [6.45, 7) is 3.12. The lowest BCUT2D eigenvalue weighted by atomic mass is 9.96. The second-order valence-electron chi connectivity index (χ2n) is 4.71. The predicted molar refractivity (Wildman–Crippen MR) is 74.8 cm³/mol. The van der Waals surface area contributed by atoms with E-state index in [9.17, 15) is 9.90 Å². The third kappa shape index (κ3) is 2.87. The van der Waals surface area contributed by atoms with Gasteiger partial charge in [0.05, 0.1) is 11.7 Å². The van der Waals surface area contributed by atoms with Gasteiger partial charge >= 0.3 is 0 Å². The predicted octanol–water partition coefficient (Wildman–Crippen LogP) is 2.95. The number of likely N-dealkylation sites (tertiary alicyclic amines) is 1. The number of nitrogens with zero attached hydrogens (tertiary/aromatic N) is 1. The first-order chi connectivity index (χ1) is 8.49. The van der Waals surface area contributed by atoms with Gasteiger partial charge in [0, 0.05) is 22.6 Å². The summed E-state index contributed by atoms with van der Waals surface area (Å²) in [6, 6.07) is 5.19. The lowest BCUT2D eigenvalue weighted by Crippen LogP contribution is -2.45. The maximum atomic E-state index is 12.4. The number of hydrogen-bond acceptors (Lipinski definition) is 2. The van der Waals surface area contributed by atoms with Crippen LogP contribution in [0.1, 0.15) is 23.7 Å². The Morgan fingerprint density at radius 2 is 2.28 bits per heavy atom. The third-order valence-electron chi connectivity index (χ3n) is 3.31. The fourth-order valence-corrected chi connectivity index (χ4v) is 2.74. The Morgan fingerprint density at radius 1 is 1.56 bits per heavy atom. The van der Waals surface area contributed by atoms with Crippen LogP contribution in [0.2, 0.25) is 5.02 Å².